The van der Waals surface area contributed by atoms with Gasteiger partial charge in [0.1, 0.15) is 11.5 Å². The standard InChI is InChI=1S/C19H16N4O3/c1-9-11-6-13(17(25)7-16(11)24)18-20-21-19(26)23(18)10-3-4-15-12(5-10)14(9)8-22(15)2/h3-9,24-25H,1-2H3,(H,21,26). The molecule has 4 bridgehead atoms. The molecule has 0 radical (unpaired) electrons. The summed E-state index contributed by atoms with van der Waals surface area (Å²) in [7, 11) is 1.97. The van der Waals surface area contributed by atoms with Gasteiger partial charge in [0.05, 0.1) is 11.3 Å². The fourth-order valence-corrected chi connectivity index (χ4v) is 3.90. The molecule has 1 atom stereocenters. The van der Waals surface area contributed by atoms with E-state index in [1.54, 1.807) is 6.07 Å². The van der Waals surface area contributed by atoms with Gasteiger partial charge in [-0.2, -0.15) is 5.10 Å². The van der Waals surface area contributed by atoms with E-state index in [0.717, 1.165) is 16.5 Å². The summed E-state index contributed by atoms with van der Waals surface area (Å²) in [5.41, 5.74) is 3.41. The minimum atomic E-state index is -0.389. The van der Waals surface area contributed by atoms with E-state index in [2.05, 4.69) is 10.2 Å². The summed E-state index contributed by atoms with van der Waals surface area (Å²) in [6.45, 7) is 2.01. The van der Waals surface area contributed by atoms with Gasteiger partial charge in [0.2, 0.25) is 0 Å². The van der Waals surface area contributed by atoms with Crippen molar-refractivity contribution in [2.75, 3.05) is 0 Å². The van der Waals surface area contributed by atoms with E-state index < -0.39 is 0 Å². The van der Waals surface area contributed by atoms with Crippen molar-refractivity contribution in [2.24, 2.45) is 7.05 Å². The van der Waals surface area contributed by atoms with Gasteiger partial charge in [0.15, 0.2) is 5.82 Å². The van der Waals surface area contributed by atoms with Crippen molar-refractivity contribution in [1.82, 2.24) is 19.3 Å². The van der Waals surface area contributed by atoms with Crippen LogP contribution in [-0.2, 0) is 7.05 Å². The number of aryl methyl sites for hydroxylation is 1. The van der Waals surface area contributed by atoms with Gasteiger partial charge in [0, 0.05) is 41.7 Å². The highest BCUT2D eigenvalue weighted by Crippen LogP contribution is 2.42. The number of aromatic amines is 1. The molecule has 2 aromatic carbocycles. The zero-order valence-electron chi connectivity index (χ0n) is 14.2. The van der Waals surface area contributed by atoms with Gasteiger partial charge in [-0.25, -0.2) is 14.5 Å². The fourth-order valence-electron chi connectivity index (χ4n) is 3.90. The third kappa shape index (κ3) is 1.77. The van der Waals surface area contributed by atoms with E-state index in [4.69, 9.17) is 0 Å². The lowest BCUT2D eigenvalue weighted by atomic mass is 9.90. The lowest BCUT2D eigenvalue weighted by Gasteiger charge is -2.18. The molecule has 0 saturated heterocycles. The number of benzene rings is 2. The highest BCUT2D eigenvalue weighted by molar-refractivity contribution is 5.88. The minimum absolute atomic E-state index is 0.0110. The molecule has 1 aliphatic rings. The SMILES string of the molecule is CC1c2cc(c(O)cc2O)-c2n[nH]c(=O)n2-c2ccc3c(c2)c1cn3C. The molecule has 1 aliphatic heterocycles. The summed E-state index contributed by atoms with van der Waals surface area (Å²) < 4.78 is 3.46. The summed E-state index contributed by atoms with van der Waals surface area (Å²) in [5.74, 6) is 0.0794. The first-order chi connectivity index (χ1) is 12.5. The smallest absolute Gasteiger partial charge is 0.348 e. The third-order valence-corrected chi connectivity index (χ3v) is 5.25. The summed E-state index contributed by atoms with van der Waals surface area (Å²) in [5, 5.41) is 28.4. The van der Waals surface area contributed by atoms with E-state index in [1.807, 2.05) is 42.9 Å². The molecule has 130 valence electrons. The van der Waals surface area contributed by atoms with Crippen molar-refractivity contribution < 1.29 is 10.2 Å². The second-order valence-electron chi connectivity index (χ2n) is 6.73. The average molecular weight is 348 g/mol. The number of nitrogens with zero attached hydrogens (tertiary/aromatic N) is 3. The van der Waals surface area contributed by atoms with Crippen LogP contribution in [0.15, 0.2) is 41.3 Å². The maximum absolute atomic E-state index is 12.4. The van der Waals surface area contributed by atoms with E-state index >= 15 is 0 Å². The molecular weight excluding hydrogens is 332 g/mol. The molecule has 0 fully saturated rings. The van der Waals surface area contributed by atoms with Crippen molar-refractivity contribution in [1.29, 1.82) is 0 Å². The van der Waals surface area contributed by atoms with Gasteiger partial charge in [-0.15, -0.1) is 0 Å². The van der Waals surface area contributed by atoms with Crippen molar-refractivity contribution in [2.45, 2.75) is 12.8 Å². The van der Waals surface area contributed by atoms with E-state index in [9.17, 15) is 15.0 Å². The predicted molar refractivity (Wildman–Crippen MR) is 96.9 cm³/mol. The van der Waals surface area contributed by atoms with Crippen LogP contribution < -0.4 is 5.69 Å². The number of aromatic nitrogens is 4. The highest BCUT2D eigenvalue weighted by atomic mass is 16.3. The number of hydrogen-bond donors (Lipinski definition) is 3. The average Bonchev–Trinajstić information content (AvgIpc) is 3.14. The van der Waals surface area contributed by atoms with Gasteiger partial charge in [0.25, 0.3) is 0 Å². The molecule has 7 heteroatoms. The molecular formula is C19H16N4O3. The lowest BCUT2D eigenvalue weighted by molar-refractivity contribution is 0.445. The molecule has 3 heterocycles. The van der Waals surface area contributed by atoms with Crippen LogP contribution in [-0.4, -0.2) is 29.5 Å². The Hall–Kier alpha value is -3.48. The number of H-pyrrole nitrogens is 1. The van der Waals surface area contributed by atoms with Gasteiger partial charge < -0.3 is 14.8 Å². The zero-order valence-corrected chi connectivity index (χ0v) is 14.2. The molecule has 5 rings (SSSR count). The molecule has 0 saturated carbocycles. The summed E-state index contributed by atoms with van der Waals surface area (Å²) >= 11 is 0. The van der Waals surface area contributed by atoms with Crippen LogP contribution in [0.4, 0.5) is 0 Å². The molecule has 0 amide bonds. The zero-order chi connectivity index (χ0) is 18.2. The Morgan fingerprint density at radius 1 is 1.12 bits per heavy atom. The number of hydrogen-bond acceptors (Lipinski definition) is 4. The van der Waals surface area contributed by atoms with Crippen LogP contribution in [0.25, 0.3) is 28.0 Å². The number of phenolic OH excluding ortho intramolecular Hbond substituents is 2. The summed E-state index contributed by atoms with van der Waals surface area (Å²) in [6.07, 6.45) is 2.03. The van der Waals surface area contributed by atoms with Crippen LogP contribution in [0.3, 0.4) is 0 Å². The van der Waals surface area contributed by atoms with Crippen molar-refractivity contribution in [3.8, 4) is 28.6 Å². The van der Waals surface area contributed by atoms with E-state index in [1.165, 1.54) is 10.6 Å². The largest absolute Gasteiger partial charge is 0.508 e. The third-order valence-electron chi connectivity index (χ3n) is 5.25. The first-order valence-corrected chi connectivity index (χ1v) is 8.28. The number of rotatable bonds is 0. The molecule has 4 aromatic rings. The monoisotopic (exact) mass is 348 g/mol. The van der Waals surface area contributed by atoms with Crippen molar-refractivity contribution >= 4 is 10.9 Å². The summed E-state index contributed by atoms with van der Waals surface area (Å²) in [4.78, 5) is 12.4. The van der Waals surface area contributed by atoms with Gasteiger partial charge in [-0.05, 0) is 29.8 Å². The molecule has 0 aliphatic carbocycles. The molecule has 3 N–H and O–H groups in total. The maximum Gasteiger partial charge on any atom is 0.348 e. The topological polar surface area (TPSA) is 96.1 Å². The maximum atomic E-state index is 12.4. The molecule has 0 spiro atoms. The van der Waals surface area contributed by atoms with Crippen molar-refractivity contribution in [3.63, 3.8) is 0 Å². The second kappa shape index (κ2) is 4.78. The Morgan fingerprint density at radius 3 is 2.73 bits per heavy atom. The molecule has 2 aromatic heterocycles. The van der Waals surface area contributed by atoms with Gasteiger partial charge in [-0.3, -0.25) is 0 Å². The Bertz CT molecular complexity index is 1260. The first kappa shape index (κ1) is 14.8. The Morgan fingerprint density at radius 2 is 1.92 bits per heavy atom. The number of nitrogens with one attached hydrogen (secondary N) is 1. The van der Waals surface area contributed by atoms with Crippen LogP contribution in [0.1, 0.15) is 24.0 Å². The molecule has 1 unspecified atom stereocenters. The highest BCUT2D eigenvalue weighted by Gasteiger charge is 2.25. The first-order valence-electron chi connectivity index (χ1n) is 8.28. The van der Waals surface area contributed by atoms with Crippen LogP contribution >= 0.6 is 0 Å². The lowest BCUT2D eigenvalue weighted by Crippen LogP contribution is -2.16. The van der Waals surface area contributed by atoms with E-state index in [-0.39, 0.29) is 23.1 Å². The predicted octanol–water partition coefficient (Wildman–Crippen LogP) is 2.60. The Balaban J connectivity index is 2.01. The number of phenols is 2. The second-order valence-corrected chi connectivity index (χ2v) is 6.73. The summed E-state index contributed by atoms with van der Waals surface area (Å²) in [6, 6.07) is 8.77. The quantitative estimate of drug-likeness (QED) is 0.455. The molecule has 7 nitrogen and oxygen atoms in total. The van der Waals surface area contributed by atoms with Gasteiger partial charge >= 0.3 is 5.69 Å². The van der Waals surface area contributed by atoms with E-state index in [0.29, 0.717) is 22.6 Å². The number of aromatic hydroxyl groups is 2. The number of fused-ring (bicyclic) bond motifs is 6. The Labute approximate surface area is 147 Å². The fraction of sp³-hybridized carbons (Fsp3) is 0.158. The van der Waals surface area contributed by atoms with Crippen molar-refractivity contribution in [3.05, 3.63) is 58.1 Å². The normalized spacial score (nSPS) is 15.4. The Kier molecular flexibility index (Phi) is 2.73. The van der Waals surface area contributed by atoms with Crippen LogP contribution in [0.2, 0.25) is 0 Å². The van der Waals surface area contributed by atoms with Crippen LogP contribution in [0.5, 0.6) is 11.5 Å². The molecule has 26 heavy (non-hydrogen) atoms. The van der Waals surface area contributed by atoms with Gasteiger partial charge in [-0.1, -0.05) is 6.92 Å². The minimum Gasteiger partial charge on any atom is -0.508 e. The van der Waals surface area contributed by atoms with Crippen LogP contribution in [0, 0.1) is 0 Å².